The molecule has 0 bridgehead atoms. The first-order valence-electron chi connectivity index (χ1n) is 21.2. The number of carbonyl (C=O) groups excluding carboxylic acids is 6. The van der Waals surface area contributed by atoms with Crippen molar-refractivity contribution in [1.82, 2.24) is 0 Å². The second kappa shape index (κ2) is 33.9. The number of ether oxygens (including phenoxy) is 12. The first-order valence-corrected chi connectivity index (χ1v) is 24.3. The lowest BCUT2D eigenvalue weighted by Crippen LogP contribution is -2.53. The first-order chi connectivity index (χ1) is 34.3. The summed E-state index contributed by atoms with van der Waals surface area (Å²) in [4.78, 5) is 72.3. The Balaban J connectivity index is 2.48. The summed E-state index contributed by atoms with van der Waals surface area (Å²) >= 11 is 0. The molecule has 2 aromatic rings. The predicted octanol–water partition coefficient (Wildman–Crippen LogP) is 1.27. The summed E-state index contributed by atoms with van der Waals surface area (Å²) in [5.74, 6) is -3.05. The van der Waals surface area contributed by atoms with E-state index in [4.69, 9.17) is 67.1 Å². The molecule has 0 aliphatic carbocycles. The fraction of sp³-hybridized carbons (Fsp3) is 0.409. The van der Waals surface area contributed by atoms with Gasteiger partial charge in [-0.1, -0.05) is 26.3 Å². The van der Waals surface area contributed by atoms with Crippen molar-refractivity contribution in [2.45, 2.75) is 34.2 Å². The molecule has 0 saturated heterocycles. The normalized spacial score (nSPS) is 12.9. The van der Waals surface area contributed by atoms with Crippen LogP contribution in [0.2, 0.25) is 0 Å². The summed E-state index contributed by atoms with van der Waals surface area (Å²) in [6.07, 6.45) is -3.37. The van der Waals surface area contributed by atoms with E-state index in [1.54, 1.807) is 0 Å². The first kappa shape index (κ1) is 61.5. The summed E-state index contributed by atoms with van der Waals surface area (Å²) in [5.41, 5.74) is 0.338. The zero-order valence-corrected chi connectivity index (χ0v) is 40.6. The third kappa shape index (κ3) is 26.0. The maximum atomic E-state index is 12.7. The lowest BCUT2D eigenvalue weighted by atomic mass is 10.0. The van der Waals surface area contributed by atoms with Crippen LogP contribution in [0.1, 0.15) is 0 Å². The van der Waals surface area contributed by atoms with Gasteiger partial charge in [0.2, 0.25) is 20.0 Å². The lowest BCUT2D eigenvalue weighted by molar-refractivity contribution is -0.205. The molecular formula is C44H58N4O22S2. The van der Waals surface area contributed by atoms with Crippen LogP contribution in [0.4, 0.5) is 21.0 Å². The van der Waals surface area contributed by atoms with Crippen molar-refractivity contribution in [2.75, 3.05) is 103 Å². The number of rotatable bonds is 37. The average Bonchev–Trinajstić information content (AvgIpc) is 3.34. The van der Waals surface area contributed by atoms with Gasteiger partial charge in [0.1, 0.15) is 64.1 Å². The van der Waals surface area contributed by atoms with Crippen LogP contribution in [0.3, 0.4) is 0 Å². The molecule has 2 aromatic carbocycles. The lowest BCUT2D eigenvalue weighted by Gasteiger charge is -2.37. The van der Waals surface area contributed by atoms with E-state index in [0.29, 0.717) is 0 Å². The molecule has 0 radical (unpaired) electrons. The molecule has 4 atom stereocenters. The second-order valence-electron chi connectivity index (χ2n) is 13.8. The number of hydrogen-bond donors (Lipinski definition) is 4. The summed E-state index contributed by atoms with van der Waals surface area (Å²) in [7, 11) is -7.99. The third-order valence-electron chi connectivity index (χ3n) is 8.66. The molecule has 0 fully saturated rings. The zero-order chi connectivity index (χ0) is 53.4. The van der Waals surface area contributed by atoms with Crippen LogP contribution >= 0.6 is 0 Å². The maximum absolute atomic E-state index is 12.7. The molecule has 0 aromatic heterocycles. The van der Waals surface area contributed by atoms with Gasteiger partial charge in [-0.2, -0.15) is 0 Å². The van der Waals surface area contributed by atoms with E-state index in [9.17, 15) is 45.6 Å². The molecule has 2 rings (SSSR count). The molecule has 0 aliphatic rings. The van der Waals surface area contributed by atoms with Gasteiger partial charge in [0.25, 0.3) is 0 Å². The Morgan fingerprint density at radius 3 is 1.01 bits per heavy atom. The van der Waals surface area contributed by atoms with Crippen molar-refractivity contribution in [2.24, 2.45) is 10.3 Å². The Morgan fingerprint density at radius 2 is 0.708 bits per heavy atom. The molecule has 6 N–H and O–H groups in total. The Hall–Kier alpha value is -6.60. The number of sulfonamides is 2. The van der Waals surface area contributed by atoms with Crippen molar-refractivity contribution in [3.8, 4) is 0 Å². The van der Waals surface area contributed by atoms with E-state index in [1.165, 1.54) is 48.5 Å². The Morgan fingerprint density at radius 1 is 0.431 bits per heavy atom. The van der Waals surface area contributed by atoms with E-state index >= 15 is 0 Å². The fourth-order valence-electron chi connectivity index (χ4n) is 5.42. The van der Waals surface area contributed by atoms with Gasteiger partial charge in [-0.3, -0.25) is 10.6 Å². The Labute approximate surface area is 415 Å². The van der Waals surface area contributed by atoms with Crippen LogP contribution in [0.5, 0.6) is 0 Å². The second-order valence-corrected chi connectivity index (χ2v) is 16.9. The number of nitrogens with two attached hydrogens (primary N) is 2. The highest BCUT2D eigenvalue weighted by Crippen LogP contribution is 2.21. The number of primary sulfonamides is 2. The molecule has 0 heterocycles. The fourth-order valence-corrected chi connectivity index (χ4v) is 6.46. The number of anilines is 2. The van der Waals surface area contributed by atoms with E-state index < -0.39 is 93.7 Å². The molecule has 398 valence electrons. The van der Waals surface area contributed by atoms with Gasteiger partial charge in [0.15, 0.2) is 0 Å². The van der Waals surface area contributed by atoms with Crippen LogP contribution in [0.15, 0.2) is 109 Å². The largest absolute Gasteiger partial charge is 0.460 e. The standard InChI is InChI=1S/C44H58N4O22S2/c1-5-37(49)63-19-17-59-29-35(61-21-23-64-38(50)6-2)41(67-26-24-65-39(51)7-3)42(68-27-25-66-40(52)8-4)36(62-22-28-70-44(54)48-32-11-15-34(16-12-32)72(46,57)58)30-60-18-20-69-43(53)47-31-9-13-33(14-10-31)71(45,55)56/h5-16,35-36,41-42H,1-4,17-30H2,(H,47,53)(H,48,54)(H2,45,55,56)(H2,46,57,58). The van der Waals surface area contributed by atoms with Crippen LogP contribution in [-0.2, 0) is 96.1 Å². The van der Waals surface area contributed by atoms with Crippen molar-refractivity contribution in [1.29, 1.82) is 0 Å². The average molecular weight is 1060 g/mol. The summed E-state index contributed by atoms with van der Waals surface area (Å²) in [5, 5.41) is 15.1. The van der Waals surface area contributed by atoms with Crippen molar-refractivity contribution in [3.05, 3.63) is 99.2 Å². The van der Waals surface area contributed by atoms with Gasteiger partial charge in [-0.25, -0.2) is 55.9 Å². The Kier molecular flexibility index (Phi) is 29.0. The van der Waals surface area contributed by atoms with Crippen LogP contribution < -0.4 is 20.9 Å². The van der Waals surface area contributed by atoms with Gasteiger partial charge in [-0.15, -0.1) is 0 Å². The van der Waals surface area contributed by atoms with Crippen molar-refractivity contribution in [3.63, 3.8) is 0 Å². The quantitative estimate of drug-likeness (QED) is 0.0320. The van der Waals surface area contributed by atoms with Crippen LogP contribution in [0, 0.1) is 0 Å². The van der Waals surface area contributed by atoms with Crippen LogP contribution in [-0.4, -0.2) is 170 Å². The number of benzene rings is 2. The molecule has 0 aliphatic heterocycles. The zero-order valence-electron chi connectivity index (χ0n) is 38.9. The predicted molar refractivity (Wildman–Crippen MR) is 251 cm³/mol. The summed E-state index contributed by atoms with van der Waals surface area (Å²) in [6, 6.07) is 9.82. The minimum absolute atomic E-state index is 0.159. The molecule has 0 spiro atoms. The van der Waals surface area contributed by atoms with E-state index in [1.807, 2.05) is 0 Å². The molecule has 28 heteroatoms. The minimum atomic E-state index is -4.01. The van der Waals surface area contributed by atoms with Gasteiger partial charge in [0, 0.05) is 35.7 Å². The molecule has 0 saturated carbocycles. The maximum Gasteiger partial charge on any atom is 0.411 e. The monoisotopic (exact) mass is 1060 g/mol. The highest BCUT2D eigenvalue weighted by atomic mass is 32.2. The number of esters is 4. The number of hydrogen-bond acceptors (Lipinski definition) is 22. The summed E-state index contributed by atoms with van der Waals surface area (Å²) in [6.45, 7) is 8.91. The highest BCUT2D eigenvalue weighted by Gasteiger charge is 2.39. The summed E-state index contributed by atoms with van der Waals surface area (Å²) < 4.78 is 114. The molecular weight excluding hydrogens is 1000 g/mol. The highest BCUT2D eigenvalue weighted by molar-refractivity contribution is 7.89. The molecule has 26 nitrogen and oxygen atoms in total. The van der Waals surface area contributed by atoms with Crippen molar-refractivity contribution < 1.29 is 102 Å². The molecule has 72 heavy (non-hydrogen) atoms. The molecule has 2 amide bonds. The Bertz CT molecular complexity index is 2310. The van der Waals surface area contributed by atoms with E-state index in [-0.39, 0.29) is 100 Å². The van der Waals surface area contributed by atoms with Gasteiger partial charge >= 0.3 is 36.1 Å². The van der Waals surface area contributed by atoms with Gasteiger partial charge in [0.05, 0.1) is 62.6 Å². The topological polar surface area (TPSA) is 358 Å². The number of amides is 2. The van der Waals surface area contributed by atoms with E-state index in [2.05, 4.69) is 36.9 Å². The smallest absolute Gasteiger partial charge is 0.411 e. The SMILES string of the molecule is C=CC(=O)OCCOCC(OCCOC(=O)C=C)C(OCCOC(=O)C=C)C(OCCOC(=O)C=C)C(COCCOC(=O)Nc1ccc(S(N)(=O)=O)cc1)OCCOC(=O)Nc1ccc(S(N)(=O)=O)cc1. The van der Waals surface area contributed by atoms with E-state index in [0.717, 1.165) is 24.3 Å². The minimum Gasteiger partial charge on any atom is -0.460 e. The van der Waals surface area contributed by atoms with Gasteiger partial charge < -0.3 is 56.8 Å². The van der Waals surface area contributed by atoms with Crippen LogP contribution in [0.25, 0.3) is 0 Å². The third-order valence-corrected chi connectivity index (χ3v) is 10.5. The number of nitrogens with one attached hydrogen (secondary N) is 2. The van der Waals surface area contributed by atoms with Crippen molar-refractivity contribution >= 4 is 67.5 Å². The van der Waals surface area contributed by atoms with Gasteiger partial charge in [-0.05, 0) is 48.5 Å². The number of carbonyl (C=O) groups is 6. The molecule has 4 unspecified atom stereocenters.